The van der Waals surface area contributed by atoms with Crippen molar-refractivity contribution in [1.29, 1.82) is 0 Å². The fourth-order valence-corrected chi connectivity index (χ4v) is 1.48. The van der Waals surface area contributed by atoms with Crippen molar-refractivity contribution in [2.75, 3.05) is 0 Å². The van der Waals surface area contributed by atoms with E-state index in [9.17, 15) is 0 Å². The van der Waals surface area contributed by atoms with Gasteiger partial charge in [0.1, 0.15) is 0 Å². The third-order valence-electron chi connectivity index (χ3n) is 2.54. The lowest BCUT2D eigenvalue weighted by molar-refractivity contribution is 0.467. The van der Waals surface area contributed by atoms with E-state index in [1.807, 2.05) is 36.4 Å². The highest BCUT2D eigenvalue weighted by atomic mass is 14.1. The highest BCUT2D eigenvalue weighted by Gasteiger charge is 2.08. The maximum absolute atomic E-state index is 2.30. The molecule has 0 spiro atoms. The molecule has 80 valence electrons. The molecule has 0 aromatic heterocycles. The minimum absolute atomic E-state index is 0.787. The normalized spacial score (nSPS) is 18.5. The number of rotatable bonds is 1. The maximum atomic E-state index is 2.30. The Hall–Kier alpha value is -1.30. The summed E-state index contributed by atoms with van der Waals surface area (Å²) in [4.78, 5) is 0. The van der Waals surface area contributed by atoms with Gasteiger partial charge in [0.2, 0.25) is 0 Å². The van der Waals surface area contributed by atoms with Crippen molar-refractivity contribution < 1.29 is 0 Å². The Morgan fingerprint density at radius 2 is 1.40 bits per heavy atom. The van der Waals surface area contributed by atoms with Gasteiger partial charge in [-0.15, -0.1) is 0 Å². The first-order valence-electron chi connectivity index (χ1n) is 5.64. The number of benzene rings is 1. The van der Waals surface area contributed by atoms with Crippen molar-refractivity contribution in [3.05, 3.63) is 60.7 Å². The van der Waals surface area contributed by atoms with E-state index in [1.54, 1.807) is 0 Å². The van der Waals surface area contributed by atoms with Gasteiger partial charge >= 0.3 is 0 Å². The summed E-state index contributed by atoms with van der Waals surface area (Å²) in [5.41, 5.74) is 0. The lowest BCUT2D eigenvalue weighted by Gasteiger charge is -2.15. The van der Waals surface area contributed by atoms with Gasteiger partial charge in [0.25, 0.3) is 0 Å². The van der Waals surface area contributed by atoms with Gasteiger partial charge in [0.15, 0.2) is 0 Å². The molecule has 0 aliphatic heterocycles. The average molecular weight is 200 g/mol. The summed E-state index contributed by atoms with van der Waals surface area (Å²) in [6.45, 7) is 4.54. The van der Waals surface area contributed by atoms with Crippen LogP contribution in [0, 0.1) is 11.8 Å². The molecule has 0 heterocycles. The number of allylic oxidation sites excluding steroid dienone is 4. The van der Waals surface area contributed by atoms with Gasteiger partial charge in [0.05, 0.1) is 0 Å². The summed E-state index contributed by atoms with van der Waals surface area (Å²) in [5, 5.41) is 0. The van der Waals surface area contributed by atoms with Crippen LogP contribution in [-0.4, -0.2) is 0 Å². The molecule has 0 heteroatoms. The minimum atomic E-state index is 0.787. The van der Waals surface area contributed by atoms with E-state index >= 15 is 0 Å². The van der Waals surface area contributed by atoms with Crippen LogP contribution in [0.2, 0.25) is 0 Å². The van der Waals surface area contributed by atoms with E-state index in [0.717, 1.165) is 11.8 Å². The van der Waals surface area contributed by atoms with Crippen LogP contribution in [0.3, 0.4) is 0 Å². The number of hydrogen-bond donors (Lipinski definition) is 0. The van der Waals surface area contributed by atoms with E-state index in [1.165, 1.54) is 6.42 Å². The third-order valence-corrected chi connectivity index (χ3v) is 2.54. The van der Waals surface area contributed by atoms with Gasteiger partial charge in [-0.3, -0.25) is 0 Å². The van der Waals surface area contributed by atoms with Crippen molar-refractivity contribution in [2.45, 2.75) is 20.3 Å². The molecule has 0 N–H and O–H groups in total. The monoisotopic (exact) mass is 200 g/mol. The standard InChI is InChI=1S/C9H14.C6H6/c1-8(2)9-6-4-3-5-7-9;1-2-4-6-5-3-1/h3-6,8-9H,7H2,1-2H3;1-6H. The smallest absolute Gasteiger partial charge is 0.0173 e. The highest BCUT2D eigenvalue weighted by molar-refractivity contribution is 5.11. The van der Waals surface area contributed by atoms with Gasteiger partial charge in [-0.2, -0.15) is 0 Å². The Kier molecular flexibility index (Phi) is 5.54. The molecule has 0 amide bonds. The molecule has 2 rings (SSSR count). The minimum Gasteiger partial charge on any atom is -0.0840 e. The molecule has 0 nitrogen and oxygen atoms in total. The van der Waals surface area contributed by atoms with E-state index in [-0.39, 0.29) is 0 Å². The van der Waals surface area contributed by atoms with Crippen LogP contribution >= 0.6 is 0 Å². The van der Waals surface area contributed by atoms with Gasteiger partial charge in [-0.1, -0.05) is 74.5 Å². The van der Waals surface area contributed by atoms with Gasteiger partial charge < -0.3 is 0 Å². The molecular formula is C15H20. The predicted octanol–water partition coefficient (Wildman–Crippen LogP) is 4.46. The molecule has 1 atom stereocenters. The van der Waals surface area contributed by atoms with Crippen molar-refractivity contribution in [3.8, 4) is 0 Å². The second-order valence-corrected chi connectivity index (χ2v) is 4.11. The van der Waals surface area contributed by atoms with Gasteiger partial charge in [-0.05, 0) is 18.3 Å². The molecule has 0 saturated carbocycles. The molecule has 0 saturated heterocycles. The predicted molar refractivity (Wildman–Crippen MR) is 67.7 cm³/mol. The van der Waals surface area contributed by atoms with Crippen molar-refractivity contribution >= 4 is 0 Å². The third kappa shape index (κ3) is 5.21. The zero-order chi connectivity index (χ0) is 10.9. The Morgan fingerprint density at radius 1 is 0.867 bits per heavy atom. The van der Waals surface area contributed by atoms with Crippen LogP contribution in [0.1, 0.15) is 20.3 Å². The largest absolute Gasteiger partial charge is 0.0840 e. The fraction of sp³-hybridized carbons (Fsp3) is 0.333. The average Bonchev–Trinajstić information content (AvgIpc) is 2.33. The Bertz CT molecular complexity index is 266. The Morgan fingerprint density at radius 3 is 1.67 bits per heavy atom. The summed E-state index contributed by atoms with van der Waals surface area (Å²) in [6, 6.07) is 12.0. The van der Waals surface area contributed by atoms with Crippen molar-refractivity contribution in [1.82, 2.24) is 0 Å². The second-order valence-electron chi connectivity index (χ2n) is 4.11. The molecule has 0 bridgehead atoms. The first-order valence-corrected chi connectivity index (χ1v) is 5.64. The molecule has 0 radical (unpaired) electrons. The Balaban J connectivity index is 0.000000162. The van der Waals surface area contributed by atoms with Crippen molar-refractivity contribution in [2.24, 2.45) is 11.8 Å². The van der Waals surface area contributed by atoms with E-state index in [2.05, 4.69) is 38.2 Å². The van der Waals surface area contributed by atoms with Gasteiger partial charge in [-0.25, -0.2) is 0 Å². The second kappa shape index (κ2) is 7.05. The topological polar surface area (TPSA) is 0 Å². The summed E-state index contributed by atoms with van der Waals surface area (Å²) < 4.78 is 0. The molecule has 1 unspecified atom stereocenters. The number of hydrogen-bond acceptors (Lipinski definition) is 0. The fourth-order valence-electron chi connectivity index (χ4n) is 1.48. The molecule has 1 aliphatic carbocycles. The highest BCUT2D eigenvalue weighted by Crippen LogP contribution is 2.19. The molecule has 1 aromatic carbocycles. The van der Waals surface area contributed by atoms with E-state index in [0.29, 0.717) is 0 Å². The summed E-state index contributed by atoms with van der Waals surface area (Å²) in [7, 11) is 0. The van der Waals surface area contributed by atoms with Crippen LogP contribution in [0.25, 0.3) is 0 Å². The van der Waals surface area contributed by atoms with Crippen LogP contribution < -0.4 is 0 Å². The summed E-state index contributed by atoms with van der Waals surface area (Å²) in [6.07, 6.45) is 10.0. The quantitative estimate of drug-likeness (QED) is 0.627. The summed E-state index contributed by atoms with van der Waals surface area (Å²) >= 11 is 0. The molecule has 1 aromatic rings. The van der Waals surface area contributed by atoms with E-state index in [4.69, 9.17) is 0 Å². The zero-order valence-electron chi connectivity index (χ0n) is 9.64. The van der Waals surface area contributed by atoms with E-state index < -0.39 is 0 Å². The SMILES string of the molecule is CC(C)C1C=CC=CC1.c1ccccc1. The van der Waals surface area contributed by atoms with Crippen LogP contribution in [-0.2, 0) is 0 Å². The molecule has 15 heavy (non-hydrogen) atoms. The van der Waals surface area contributed by atoms with Crippen molar-refractivity contribution in [3.63, 3.8) is 0 Å². The zero-order valence-corrected chi connectivity index (χ0v) is 9.64. The summed E-state index contributed by atoms with van der Waals surface area (Å²) in [5.74, 6) is 1.58. The first-order chi connectivity index (χ1) is 7.30. The molecule has 1 aliphatic rings. The molecular weight excluding hydrogens is 180 g/mol. The lowest BCUT2D eigenvalue weighted by atomic mass is 9.90. The lowest BCUT2D eigenvalue weighted by Crippen LogP contribution is -2.05. The molecule has 0 fully saturated rings. The van der Waals surface area contributed by atoms with Gasteiger partial charge in [0, 0.05) is 0 Å². The Labute approximate surface area is 93.3 Å². The van der Waals surface area contributed by atoms with Crippen LogP contribution in [0.4, 0.5) is 0 Å². The van der Waals surface area contributed by atoms with Crippen LogP contribution in [0.15, 0.2) is 60.7 Å². The maximum Gasteiger partial charge on any atom is -0.0173 e. The first kappa shape index (κ1) is 11.8. The van der Waals surface area contributed by atoms with Crippen LogP contribution in [0.5, 0.6) is 0 Å².